The minimum Gasteiger partial charge on any atom is -0.435 e. The molecule has 0 aromatic carbocycles. The van der Waals surface area contributed by atoms with Gasteiger partial charge >= 0.3 is 11.9 Å². The SMILES string of the molecule is CC1=C(C)C2[C@@H]3C(=O)OC(OC4CC[C@H](C)C[C@H]4C(C)C)C3C1P2Cc1cccc(CP2C3C(C)=C(C)C2[C@@H]2C(=O)O[C@@H](OC4CC[C@H](C)C[C@H]4C(C)C)C32)n1. The van der Waals surface area contributed by atoms with Crippen LogP contribution >= 0.6 is 15.8 Å². The van der Waals surface area contributed by atoms with Gasteiger partial charge in [0.15, 0.2) is 0 Å². The molecule has 7 heterocycles. The van der Waals surface area contributed by atoms with Gasteiger partial charge < -0.3 is 18.9 Å². The largest absolute Gasteiger partial charge is 0.435 e. The summed E-state index contributed by atoms with van der Waals surface area (Å²) in [5.74, 6) is 3.47. The van der Waals surface area contributed by atoms with Crippen LogP contribution in [0.2, 0.25) is 0 Å². The number of carbonyl (C=O) groups excluding carboxylic acids is 2. The summed E-state index contributed by atoms with van der Waals surface area (Å²) in [4.78, 5) is 32.8. The molecule has 18 atom stereocenters. The Balaban J connectivity index is 0.918. The van der Waals surface area contributed by atoms with Crippen LogP contribution in [0.15, 0.2) is 40.5 Å². The standard InChI is InChI=1S/C47H67NO6P2/c1-22(2)32-18-24(5)14-16-34(32)51-46-38-36(44(49)53-46)40-26(7)28(9)42(38)55(40)20-30-12-11-13-31(48-30)21-56-41-27(8)29(10)43(56)39-37(41)45(50)54-47(39)52-35-17-15-25(6)19-33(35)23(3)4/h11-13,22-25,32-43,46-47H,14-21H2,1-10H3/t24-,25-,32-,33-,34?,35?,36+,37+,38?,39?,40?,41?,42?,43?,46+,47?,55?,56?/m0/s1. The first-order chi connectivity index (χ1) is 26.7. The van der Waals surface area contributed by atoms with E-state index in [-0.39, 0.29) is 59.1 Å². The van der Waals surface area contributed by atoms with Gasteiger partial charge in [0.05, 0.1) is 24.0 Å². The van der Waals surface area contributed by atoms with Crippen LogP contribution < -0.4 is 0 Å². The summed E-state index contributed by atoms with van der Waals surface area (Å²) in [6, 6.07) is 6.63. The first-order valence-corrected chi connectivity index (χ1v) is 25.6. The number of allylic oxidation sites excluding steroid dienone is 4. The highest BCUT2D eigenvalue weighted by molar-refractivity contribution is 7.60. The van der Waals surface area contributed by atoms with E-state index >= 15 is 0 Å². The summed E-state index contributed by atoms with van der Waals surface area (Å²) in [6.07, 6.45) is 8.11. The number of hydrogen-bond donors (Lipinski definition) is 0. The van der Waals surface area contributed by atoms with Crippen LogP contribution in [0.5, 0.6) is 0 Å². The fraction of sp³-hybridized carbons (Fsp3) is 0.766. The van der Waals surface area contributed by atoms with Crippen molar-refractivity contribution in [1.29, 1.82) is 0 Å². The second-order valence-electron chi connectivity index (χ2n) is 20.3. The van der Waals surface area contributed by atoms with Gasteiger partial charge in [0, 0.05) is 58.2 Å². The lowest BCUT2D eigenvalue weighted by Gasteiger charge is -2.39. The first-order valence-electron chi connectivity index (χ1n) is 22.3. The maximum atomic E-state index is 13.7. The van der Waals surface area contributed by atoms with Gasteiger partial charge in [-0.1, -0.05) is 85.7 Å². The summed E-state index contributed by atoms with van der Waals surface area (Å²) in [5.41, 5.74) is 9.18. The molecule has 1 aromatic heterocycles. The number of nitrogens with zero attached hydrogens (tertiary/aromatic N) is 1. The van der Waals surface area contributed by atoms with Gasteiger partial charge in [0.25, 0.3) is 0 Å². The van der Waals surface area contributed by atoms with Gasteiger partial charge in [-0.2, -0.15) is 0 Å². The number of carbonyl (C=O) groups is 2. The molecule has 6 fully saturated rings. The second-order valence-corrected chi connectivity index (χ2v) is 25.2. The summed E-state index contributed by atoms with van der Waals surface area (Å²) in [6.45, 7) is 23.1. The van der Waals surface area contributed by atoms with Gasteiger partial charge in [-0.3, -0.25) is 14.6 Å². The molecule has 2 saturated carbocycles. The Morgan fingerprint density at radius 1 is 0.643 bits per heavy atom. The molecular formula is C47H67NO6P2. The normalized spacial score (nSPS) is 45.4. The van der Waals surface area contributed by atoms with Crippen molar-refractivity contribution in [3.63, 3.8) is 0 Å². The molecule has 0 spiro atoms. The number of hydrogen-bond acceptors (Lipinski definition) is 7. The minimum absolute atomic E-state index is 0.0410. The fourth-order valence-corrected chi connectivity index (χ4v) is 21.8. The summed E-state index contributed by atoms with van der Waals surface area (Å²) in [5, 5.41) is 0. The zero-order valence-corrected chi connectivity index (χ0v) is 37.4. The van der Waals surface area contributed by atoms with Crippen molar-refractivity contribution < 1.29 is 28.5 Å². The Morgan fingerprint density at radius 3 is 1.43 bits per heavy atom. The van der Waals surface area contributed by atoms with Crippen LogP contribution in [-0.2, 0) is 40.9 Å². The number of esters is 2. The number of rotatable bonds is 10. The number of aromatic nitrogens is 1. The molecule has 9 heteroatoms. The molecule has 11 unspecified atom stereocenters. The predicted octanol–water partition coefficient (Wildman–Crippen LogP) is 10.4. The van der Waals surface area contributed by atoms with Crippen LogP contribution in [0, 0.1) is 59.2 Å². The van der Waals surface area contributed by atoms with Crippen molar-refractivity contribution in [3.8, 4) is 0 Å². The summed E-state index contributed by atoms with van der Waals surface area (Å²) >= 11 is 0. The van der Waals surface area contributed by atoms with Crippen molar-refractivity contribution in [2.75, 3.05) is 0 Å². The van der Waals surface area contributed by atoms with E-state index in [1.807, 2.05) is 0 Å². The molecule has 1 aromatic rings. The maximum Gasteiger partial charge on any atom is 0.312 e. The predicted molar refractivity (Wildman–Crippen MR) is 224 cm³/mol. The average Bonchev–Trinajstić information content (AvgIpc) is 3.94. The molecule has 0 radical (unpaired) electrons. The number of ether oxygens (including phenoxy) is 4. The monoisotopic (exact) mass is 803 g/mol. The number of fused-ring (bicyclic) bond motifs is 10. The quantitative estimate of drug-likeness (QED) is 0.132. The molecule has 4 bridgehead atoms. The summed E-state index contributed by atoms with van der Waals surface area (Å²) < 4.78 is 26.2. The van der Waals surface area contributed by atoms with E-state index in [2.05, 4.69) is 87.4 Å². The van der Waals surface area contributed by atoms with Gasteiger partial charge in [-0.25, -0.2) is 0 Å². The third-order valence-corrected chi connectivity index (χ3v) is 23.5. The highest BCUT2D eigenvalue weighted by Gasteiger charge is 2.67. The van der Waals surface area contributed by atoms with E-state index in [9.17, 15) is 9.59 Å². The molecule has 56 heavy (non-hydrogen) atoms. The molecule has 4 saturated heterocycles. The van der Waals surface area contributed by atoms with Crippen LogP contribution in [0.25, 0.3) is 0 Å². The van der Waals surface area contributed by atoms with E-state index in [4.69, 9.17) is 23.9 Å². The fourth-order valence-electron chi connectivity index (χ4n) is 13.4. The molecule has 306 valence electrons. The third kappa shape index (κ3) is 6.44. The highest BCUT2D eigenvalue weighted by Crippen LogP contribution is 2.75. The van der Waals surface area contributed by atoms with Crippen molar-refractivity contribution in [2.24, 2.45) is 59.2 Å². The van der Waals surface area contributed by atoms with Crippen LogP contribution in [0.1, 0.15) is 119 Å². The van der Waals surface area contributed by atoms with Crippen LogP contribution in [-0.4, -0.2) is 64.3 Å². The minimum atomic E-state index is -0.537. The zero-order chi connectivity index (χ0) is 39.5. The Kier molecular flexibility index (Phi) is 10.7. The van der Waals surface area contributed by atoms with Crippen LogP contribution in [0.4, 0.5) is 0 Å². The van der Waals surface area contributed by atoms with Crippen molar-refractivity contribution in [2.45, 2.75) is 168 Å². The van der Waals surface area contributed by atoms with Crippen molar-refractivity contribution in [3.05, 3.63) is 51.9 Å². The Bertz CT molecular complexity index is 1670. The lowest BCUT2D eigenvalue weighted by Crippen LogP contribution is -2.40. The molecule has 6 aliphatic heterocycles. The molecule has 0 amide bonds. The summed E-state index contributed by atoms with van der Waals surface area (Å²) in [7, 11) is -1.07. The molecule has 8 aliphatic rings. The van der Waals surface area contributed by atoms with Gasteiger partial charge in [-0.05, 0) is 114 Å². The molecule has 7 nitrogen and oxygen atoms in total. The maximum absolute atomic E-state index is 13.7. The lowest BCUT2D eigenvalue weighted by atomic mass is 9.74. The second kappa shape index (κ2) is 15.1. The van der Waals surface area contributed by atoms with E-state index in [0.717, 1.165) is 48.4 Å². The lowest BCUT2D eigenvalue weighted by molar-refractivity contribution is -0.195. The molecular weight excluding hydrogens is 736 g/mol. The molecule has 2 aliphatic carbocycles. The third-order valence-electron chi connectivity index (χ3n) is 16.4. The molecule has 0 N–H and O–H groups in total. The Morgan fingerprint density at radius 2 is 1.04 bits per heavy atom. The average molecular weight is 804 g/mol. The number of pyridine rings is 1. The number of cyclic esters (lactones) is 2. The van der Waals surface area contributed by atoms with Gasteiger partial charge in [-0.15, -0.1) is 0 Å². The topological polar surface area (TPSA) is 84.0 Å². The Hall–Kier alpha value is -1.65. The first kappa shape index (κ1) is 39.8. The zero-order valence-electron chi connectivity index (χ0n) is 35.6. The molecule has 9 rings (SSSR count). The van der Waals surface area contributed by atoms with Crippen molar-refractivity contribution >= 4 is 27.8 Å². The Labute approximate surface area is 338 Å². The van der Waals surface area contributed by atoms with E-state index < -0.39 is 28.4 Å². The van der Waals surface area contributed by atoms with Crippen molar-refractivity contribution in [1.82, 2.24) is 4.98 Å². The van der Waals surface area contributed by atoms with Gasteiger partial charge in [0.1, 0.15) is 0 Å². The highest BCUT2D eigenvalue weighted by atomic mass is 31.1. The van der Waals surface area contributed by atoms with E-state index in [0.29, 0.717) is 35.0 Å². The van der Waals surface area contributed by atoms with Crippen LogP contribution in [0.3, 0.4) is 0 Å². The van der Waals surface area contributed by atoms with E-state index in [1.54, 1.807) is 0 Å². The van der Waals surface area contributed by atoms with Gasteiger partial charge in [0.2, 0.25) is 12.6 Å². The van der Waals surface area contributed by atoms with E-state index in [1.165, 1.54) is 48.0 Å². The smallest absolute Gasteiger partial charge is 0.312 e.